The van der Waals surface area contributed by atoms with E-state index in [2.05, 4.69) is 0 Å². The Hall–Kier alpha value is 1.44. The Morgan fingerprint density at radius 2 is 1.67 bits per heavy atom. The van der Waals surface area contributed by atoms with Gasteiger partial charge in [0, 0.05) is 5.92 Å². The predicted octanol–water partition coefficient (Wildman–Crippen LogP) is 3.80. The molecule has 2 N–H and O–H groups in total. The van der Waals surface area contributed by atoms with Crippen LogP contribution in [-0.4, -0.2) is 20.6 Å². The lowest BCUT2D eigenvalue weighted by molar-refractivity contribution is 0.475. The van der Waals surface area contributed by atoms with Crippen LogP contribution in [0.3, 0.4) is 0 Å². The molecule has 1 nitrogen and oxygen atoms in total. The lowest BCUT2D eigenvalue weighted by Crippen LogP contribution is -2.45. The molecule has 0 radical (unpaired) electrons. The van der Waals surface area contributed by atoms with E-state index < -0.39 is 14.1 Å². The highest BCUT2D eigenvalue weighted by Gasteiger charge is 2.77. The lowest BCUT2D eigenvalue weighted by atomic mass is 9.92. The molecule has 0 aliphatic heterocycles. The average molecular weight is 330 g/mol. The van der Waals surface area contributed by atoms with E-state index >= 15 is 0 Å². The van der Waals surface area contributed by atoms with Crippen molar-refractivity contribution in [2.45, 2.75) is 20.5 Å². The van der Waals surface area contributed by atoms with E-state index in [1.54, 1.807) is 0 Å². The molecule has 0 aromatic heterocycles. The first-order valence-electron chi connectivity index (χ1n) is 4.25. The Morgan fingerprint density at radius 1 is 1.13 bits per heavy atom. The summed E-state index contributed by atoms with van der Waals surface area (Å²) >= 11 is 37.2. The molecule has 2 rings (SSSR count). The van der Waals surface area contributed by atoms with E-state index in [4.69, 9.17) is 75.3 Å². The molecule has 0 aromatic carbocycles. The van der Waals surface area contributed by atoms with E-state index in [0.29, 0.717) is 13.0 Å². The zero-order valence-electron chi connectivity index (χ0n) is 7.34. The number of hydrogen-bond donors (Lipinski definition) is 1. The molecule has 3 atom stereocenters. The molecule has 0 spiro atoms. The first kappa shape index (κ1) is 12.9. The number of halogens is 6. The molecule has 0 saturated heterocycles. The third-order valence-electron chi connectivity index (χ3n) is 3.19. The van der Waals surface area contributed by atoms with Crippen molar-refractivity contribution < 1.29 is 0 Å². The van der Waals surface area contributed by atoms with Crippen LogP contribution in [0.5, 0.6) is 0 Å². The van der Waals surface area contributed by atoms with Crippen LogP contribution in [-0.2, 0) is 0 Å². The second-order valence-corrected chi connectivity index (χ2v) is 7.18. The monoisotopic (exact) mass is 327 g/mol. The van der Waals surface area contributed by atoms with Crippen molar-refractivity contribution in [3.8, 4) is 0 Å². The fourth-order valence-electron chi connectivity index (χ4n) is 2.28. The van der Waals surface area contributed by atoms with Crippen molar-refractivity contribution >= 4 is 69.6 Å². The minimum Gasteiger partial charge on any atom is -0.330 e. The summed E-state index contributed by atoms with van der Waals surface area (Å²) < 4.78 is -1.43. The van der Waals surface area contributed by atoms with Gasteiger partial charge in [0.25, 0.3) is 0 Å². The smallest absolute Gasteiger partial charge is 0.166 e. The summed E-state index contributed by atoms with van der Waals surface area (Å²) in [6, 6.07) is 0. The van der Waals surface area contributed by atoms with Gasteiger partial charge in [0.2, 0.25) is 0 Å². The number of nitrogens with two attached hydrogens (primary N) is 1. The Kier molecular flexibility index (Phi) is 2.98. The Bertz CT molecular complexity index is 353. The van der Waals surface area contributed by atoms with Gasteiger partial charge in [-0.3, -0.25) is 0 Å². The van der Waals surface area contributed by atoms with Crippen LogP contribution in [0.2, 0.25) is 0 Å². The maximum atomic E-state index is 6.39. The van der Waals surface area contributed by atoms with Gasteiger partial charge < -0.3 is 5.73 Å². The number of fused-ring (bicyclic) bond motifs is 2. The molecule has 2 aliphatic carbocycles. The highest BCUT2D eigenvalue weighted by molar-refractivity contribution is 6.65. The summed E-state index contributed by atoms with van der Waals surface area (Å²) in [5, 5.41) is 0.447. The van der Waals surface area contributed by atoms with Crippen LogP contribution in [0.1, 0.15) is 6.42 Å². The molecule has 15 heavy (non-hydrogen) atoms. The second-order valence-electron chi connectivity index (χ2n) is 3.85. The Morgan fingerprint density at radius 3 is 2.00 bits per heavy atom. The van der Waals surface area contributed by atoms with Gasteiger partial charge in [-0.25, -0.2) is 0 Å². The SMILES string of the molecule is NC[C@H]1C[C@]2(Cl)C(Cl)=C(Cl)[C@]1(Cl)C2(Cl)Cl. The summed E-state index contributed by atoms with van der Waals surface area (Å²) in [7, 11) is 0. The van der Waals surface area contributed by atoms with Crippen LogP contribution in [0, 0.1) is 5.92 Å². The van der Waals surface area contributed by atoms with Crippen molar-refractivity contribution in [1.82, 2.24) is 0 Å². The maximum Gasteiger partial charge on any atom is 0.166 e. The normalized spacial score (nSPS) is 47.8. The molecule has 86 valence electrons. The molecule has 7 heteroatoms. The van der Waals surface area contributed by atoms with Crippen LogP contribution in [0.4, 0.5) is 0 Å². The fraction of sp³-hybridized carbons (Fsp3) is 0.750. The minimum atomic E-state index is -1.43. The third-order valence-corrected chi connectivity index (χ3v) is 7.51. The predicted molar refractivity (Wildman–Crippen MR) is 67.5 cm³/mol. The van der Waals surface area contributed by atoms with E-state index in [1.807, 2.05) is 0 Å². The highest BCUT2D eigenvalue weighted by Crippen LogP contribution is 2.73. The van der Waals surface area contributed by atoms with Gasteiger partial charge in [0.05, 0.1) is 10.1 Å². The van der Waals surface area contributed by atoms with Gasteiger partial charge in [-0.2, -0.15) is 0 Å². The van der Waals surface area contributed by atoms with Crippen LogP contribution in [0.15, 0.2) is 10.1 Å². The molecular formula is C8H7Cl6N. The minimum absolute atomic E-state index is 0.179. The van der Waals surface area contributed by atoms with Gasteiger partial charge in [0.1, 0.15) is 9.75 Å². The topological polar surface area (TPSA) is 26.0 Å². The summed E-state index contributed by atoms with van der Waals surface area (Å²) in [6.45, 7) is 0.305. The second kappa shape index (κ2) is 3.47. The molecular weight excluding hydrogens is 323 g/mol. The highest BCUT2D eigenvalue weighted by atomic mass is 35.5. The summed E-state index contributed by atoms with van der Waals surface area (Å²) in [6.07, 6.45) is 0.427. The summed E-state index contributed by atoms with van der Waals surface area (Å²) in [5.41, 5.74) is 5.61. The number of allylic oxidation sites excluding steroid dienone is 2. The number of rotatable bonds is 1. The van der Waals surface area contributed by atoms with E-state index in [-0.39, 0.29) is 16.0 Å². The molecule has 2 aliphatic rings. The van der Waals surface area contributed by atoms with Gasteiger partial charge in [0.15, 0.2) is 4.33 Å². The van der Waals surface area contributed by atoms with Gasteiger partial charge in [-0.15, -0.1) is 23.2 Å². The maximum absolute atomic E-state index is 6.39. The first-order chi connectivity index (χ1) is 6.73. The van der Waals surface area contributed by atoms with E-state index in [9.17, 15) is 0 Å². The van der Waals surface area contributed by atoms with Crippen molar-refractivity contribution in [2.75, 3.05) is 6.54 Å². The molecule has 1 fully saturated rings. The zero-order valence-corrected chi connectivity index (χ0v) is 11.9. The molecule has 0 aromatic rings. The number of alkyl halides is 4. The molecule has 1 saturated carbocycles. The molecule has 2 bridgehead atoms. The van der Waals surface area contributed by atoms with Gasteiger partial charge in [-0.1, -0.05) is 46.4 Å². The fourth-order valence-corrected chi connectivity index (χ4v) is 5.13. The van der Waals surface area contributed by atoms with E-state index in [1.165, 1.54) is 0 Å². The van der Waals surface area contributed by atoms with Crippen LogP contribution in [0.25, 0.3) is 0 Å². The van der Waals surface area contributed by atoms with Crippen molar-refractivity contribution in [2.24, 2.45) is 11.7 Å². The number of hydrogen-bond acceptors (Lipinski definition) is 1. The largest absolute Gasteiger partial charge is 0.330 e. The Labute approximate surface area is 118 Å². The molecule has 0 unspecified atom stereocenters. The Balaban J connectivity index is 2.65. The van der Waals surface area contributed by atoms with Crippen molar-refractivity contribution in [3.05, 3.63) is 10.1 Å². The standard InChI is InChI=1S/C8H7Cl6N/c9-4-5(10)7(12)3(2-15)1-6(4,11)8(7,13)14/h3H,1-2,15H2/t3-,6+,7+/m1/s1. The third kappa shape index (κ3) is 1.19. The van der Waals surface area contributed by atoms with Gasteiger partial charge >= 0.3 is 0 Å². The van der Waals surface area contributed by atoms with Crippen molar-refractivity contribution in [3.63, 3.8) is 0 Å². The average Bonchev–Trinajstić information content (AvgIpc) is 2.39. The van der Waals surface area contributed by atoms with E-state index in [0.717, 1.165) is 0 Å². The molecule has 0 amide bonds. The zero-order chi connectivity index (χ0) is 11.6. The summed E-state index contributed by atoms with van der Waals surface area (Å²) in [4.78, 5) is -2.30. The van der Waals surface area contributed by atoms with Crippen LogP contribution >= 0.6 is 69.6 Å². The van der Waals surface area contributed by atoms with Crippen molar-refractivity contribution in [1.29, 1.82) is 0 Å². The first-order valence-corrected chi connectivity index (χ1v) is 6.52. The quantitative estimate of drug-likeness (QED) is 0.728. The van der Waals surface area contributed by atoms with Crippen LogP contribution < -0.4 is 5.73 Å². The summed E-state index contributed by atoms with van der Waals surface area (Å²) in [5.74, 6) is -0.179. The lowest BCUT2D eigenvalue weighted by Gasteiger charge is -2.33. The van der Waals surface area contributed by atoms with Gasteiger partial charge in [-0.05, 0) is 13.0 Å². The molecule has 0 heterocycles.